The quantitative estimate of drug-likeness (QED) is 0.482. The molecule has 0 atom stereocenters. The van der Waals surface area contributed by atoms with Crippen LogP contribution >= 0.6 is 11.3 Å². The number of ketones is 1. The van der Waals surface area contributed by atoms with E-state index in [1.54, 1.807) is 0 Å². The number of rotatable bonds is 4. The Morgan fingerprint density at radius 1 is 1.17 bits per heavy atom. The maximum atomic E-state index is 11.8. The number of esters is 1. The molecule has 18 heavy (non-hydrogen) atoms. The standard InChI is InChI=1S/C14H12O3S/c1-17-14(16)12(15)13-11(7-8-18-13)9-10-5-3-2-4-6-10/h2-8H,9H2,1H3. The van der Waals surface area contributed by atoms with Gasteiger partial charge in [-0.3, -0.25) is 4.79 Å². The third kappa shape index (κ3) is 2.65. The summed E-state index contributed by atoms with van der Waals surface area (Å²) in [5, 5.41) is 1.81. The minimum Gasteiger partial charge on any atom is -0.463 e. The summed E-state index contributed by atoms with van der Waals surface area (Å²) < 4.78 is 4.46. The van der Waals surface area contributed by atoms with Crippen LogP contribution in [-0.4, -0.2) is 18.9 Å². The molecule has 1 aromatic heterocycles. The van der Waals surface area contributed by atoms with Gasteiger partial charge in [0.1, 0.15) is 0 Å². The van der Waals surface area contributed by atoms with Crippen molar-refractivity contribution in [2.75, 3.05) is 7.11 Å². The smallest absolute Gasteiger partial charge is 0.380 e. The molecular formula is C14H12O3S. The monoisotopic (exact) mass is 260 g/mol. The van der Waals surface area contributed by atoms with Crippen LogP contribution in [0.2, 0.25) is 0 Å². The first-order valence-electron chi connectivity index (χ1n) is 5.45. The lowest BCUT2D eigenvalue weighted by atomic mass is 10.0. The zero-order valence-corrected chi connectivity index (χ0v) is 10.7. The fourth-order valence-electron chi connectivity index (χ4n) is 1.68. The van der Waals surface area contributed by atoms with Gasteiger partial charge in [-0.1, -0.05) is 30.3 Å². The van der Waals surface area contributed by atoms with E-state index < -0.39 is 11.8 Å². The van der Waals surface area contributed by atoms with Crippen LogP contribution in [0.5, 0.6) is 0 Å². The van der Waals surface area contributed by atoms with E-state index in [-0.39, 0.29) is 0 Å². The van der Waals surface area contributed by atoms with Crippen molar-refractivity contribution in [1.29, 1.82) is 0 Å². The maximum absolute atomic E-state index is 11.8. The Morgan fingerprint density at radius 2 is 1.89 bits per heavy atom. The molecule has 0 bridgehead atoms. The molecule has 92 valence electrons. The SMILES string of the molecule is COC(=O)C(=O)c1sccc1Cc1ccccc1. The molecule has 0 saturated heterocycles. The third-order valence-electron chi connectivity index (χ3n) is 2.56. The first-order chi connectivity index (χ1) is 8.72. The Bertz CT molecular complexity index is 557. The van der Waals surface area contributed by atoms with Crippen LogP contribution in [0.25, 0.3) is 0 Å². The Kier molecular flexibility index (Phi) is 3.89. The number of thiophene rings is 1. The predicted molar refractivity (Wildman–Crippen MR) is 69.9 cm³/mol. The van der Waals surface area contributed by atoms with E-state index in [0.717, 1.165) is 11.1 Å². The molecule has 0 aliphatic heterocycles. The summed E-state index contributed by atoms with van der Waals surface area (Å²) in [6.07, 6.45) is 0.641. The lowest BCUT2D eigenvalue weighted by molar-refractivity contribution is -0.135. The minimum atomic E-state index is -0.813. The summed E-state index contributed by atoms with van der Waals surface area (Å²) in [6.45, 7) is 0. The molecule has 1 heterocycles. The Labute approximate surface area is 109 Å². The summed E-state index contributed by atoms with van der Waals surface area (Å²) in [4.78, 5) is 23.5. The number of carbonyl (C=O) groups excluding carboxylic acids is 2. The first kappa shape index (κ1) is 12.5. The van der Waals surface area contributed by atoms with Crippen LogP contribution in [0.4, 0.5) is 0 Å². The molecule has 0 aliphatic carbocycles. The molecular weight excluding hydrogens is 248 g/mol. The van der Waals surface area contributed by atoms with Gasteiger partial charge in [0, 0.05) is 0 Å². The van der Waals surface area contributed by atoms with Gasteiger partial charge in [-0.2, -0.15) is 0 Å². The lowest BCUT2D eigenvalue weighted by Crippen LogP contribution is -2.15. The van der Waals surface area contributed by atoms with Crippen molar-refractivity contribution in [3.8, 4) is 0 Å². The normalized spacial score (nSPS) is 10.1. The molecule has 0 unspecified atom stereocenters. The van der Waals surface area contributed by atoms with Crippen molar-refractivity contribution < 1.29 is 14.3 Å². The van der Waals surface area contributed by atoms with Crippen LogP contribution in [0, 0.1) is 0 Å². The van der Waals surface area contributed by atoms with E-state index in [2.05, 4.69) is 4.74 Å². The fourth-order valence-corrected chi connectivity index (χ4v) is 2.53. The summed E-state index contributed by atoms with van der Waals surface area (Å²) >= 11 is 1.27. The average Bonchev–Trinajstić information content (AvgIpc) is 2.86. The van der Waals surface area contributed by atoms with Gasteiger partial charge in [0.2, 0.25) is 0 Å². The van der Waals surface area contributed by atoms with Crippen molar-refractivity contribution in [3.05, 3.63) is 57.8 Å². The van der Waals surface area contributed by atoms with E-state index >= 15 is 0 Å². The second-order valence-electron chi connectivity index (χ2n) is 3.76. The summed E-state index contributed by atoms with van der Waals surface area (Å²) in [5.41, 5.74) is 1.97. The third-order valence-corrected chi connectivity index (χ3v) is 3.52. The minimum absolute atomic E-state index is 0.464. The van der Waals surface area contributed by atoms with Crippen LogP contribution in [-0.2, 0) is 16.0 Å². The fraction of sp³-hybridized carbons (Fsp3) is 0.143. The van der Waals surface area contributed by atoms with Gasteiger partial charge in [-0.25, -0.2) is 4.79 Å². The second kappa shape index (κ2) is 5.60. The van der Waals surface area contributed by atoms with Crippen molar-refractivity contribution in [2.45, 2.75) is 6.42 Å². The number of ether oxygens (including phenoxy) is 1. The van der Waals surface area contributed by atoms with E-state index in [9.17, 15) is 9.59 Å². The Morgan fingerprint density at radius 3 is 2.56 bits per heavy atom. The molecule has 4 heteroatoms. The van der Waals surface area contributed by atoms with Crippen LogP contribution in [0.3, 0.4) is 0 Å². The molecule has 3 nitrogen and oxygen atoms in total. The molecule has 2 aromatic rings. The Hall–Kier alpha value is -1.94. The van der Waals surface area contributed by atoms with Gasteiger partial charge in [-0.15, -0.1) is 11.3 Å². The summed E-state index contributed by atoms with van der Waals surface area (Å²) in [6, 6.07) is 11.7. The van der Waals surface area contributed by atoms with Crippen molar-refractivity contribution in [1.82, 2.24) is 0 Å². The number of benzene rings is 1. The molecule has 0 spiro atoms. The van der Waals surface area contributed by atoms with Crippen LogP contribution in [0.1, 0.15) is 20.8 Å². The van der Waals surface area contributed by atoms with Gasteiger partial charge in [0.25, 0.3) is 5.78 Å². The van der Waals surface area contributed by atoms with E-state index in [1.807, 2.05) is 41.8 Å². The van der Waals surface area contributed by atoms with Gasteiger partial charge < -0.3 is 4.74 Å². The first-order valence-corrected chi connectivity index (χ1v) is 6.33. The highest BCUT2D eigenvalue weighted by Gasteiger charge is 2.21. The van der Waals surface area contributed by atoms with Gasteiger partial charge in [-0.05, 0) is 29.0 Å². The topological polar surface area (TPSA) is 43.4 Å². The Balaban J connectivity index is 2.23. The van der Waals surface area contributed by atoms with E-state index in [1.165, 1.54) is 18.4 Å². The molecule has 0 saturated carbocycles. The number of carbonyl (C=O) groups is 2. The van der Waals surface area contributed by atoms with Crippen molar-refractivity contribution >= 4 is 23.1 Å². The largest absolute Gasteiger partial charge is 0.463 e. The summed E-state index contributed by atoms with van der Waals surface area (Å²) in [5.74, 6) is -1.38. The lowest BCUT2D eigenvalue weighted by Gasteiger charge is -2.02. The van der Waals surface area contributed by atoms with Gasteiger partial charge >= 0.3 is 5.97 Å². The maximum Gasteiger partial charge on any atom is 0.380 e. The molecule has 1 aromatic carbocycles. The van der Waals surface area contributed by atoms with Gasteiger partial charge in [0.05, 0.1) is 12.0 Å². The van der Waals surface area contributed by atoms with E-state index in [4.69, 9.17) is 0 Å². The zero-order valence-electron chi connectivity index (χ0n) is 9.88. The highest BCUT2D eigenvalue weighted by Crippen LogP contribution is 2.21. The number of hydrogen-bond donors (Lipinski definition) is 0. The molecule has 2 rings (SSSR count). The number of hydrogen-bond acceptors (Lipinski definition) is 4. The molecule has 0 aliphatic rings. The van der Waals surface area contributed by atoms with Crippen LogP contribution < -0.4 is 0 Å². The van der Waals surface area contributed by atoms with Gasteiger partial charge in [0.15, 0.2) is 0 Å². The number of Topliss-reactive ketones (excluding diaryl/α,β-unsaturated/α-hetero) is 1. The molecule has 0 amide bonds. The number of methoxy groups -OCH3 is 1. The molecule has 0 N–H and O–H groups in total. The average molecular weight is 260 g/mol. The predicted octanol–water partition coefficient (Wildman–Crippen LogP) is 2.69. The highest BCUT2D eigenvalue weighted by atomic mass is 32.1. The highest BCUT2D eigenvalue weighted by molar-refractivity contribution is 7.13. The molecule has 0 fully saturated rings. The van der Waals surface area contributed by atoms with E-state index in [0.29, 0.717) is 11.3 Å². The van der Waals surface area contributed by atoms with Crippen molar-refractivity contribution in [2.24, 2.45) is 0 Å². The molecule has 0 radical (unpaired) electrons. The summed E-state index contributed by atoms with van der Waals surface area (Å²) in [7, 11) is 1.21. The van der Waals surface area contributed by atoms with Crippen molar-refractivity contribution in [3.63, 3.8) is 0 Å². The second-order valence-corrected chi connectivity index (χ2v) is 4.67. The zero-order chi connectivity index (χ0) is 13.0. The van der Waals surface area contributed by atoms with Crippen LogP contribution in [0.15, 0.2) is 41.8 Å².